The Labute approximate surface area is 121 Å². The van der Waals surface area contributed by atoms with Crippen LogP contribution in [0.2, 0.25) is 0 Å². The summed E-state index contributed by atoms with van der Waals surface area (Å²) in [6.45, 7) is 6.35. The van der Waals surface area contributed by atoms with Gasteiger partial charge in [-0.1, -0.05) is 56.3 Å². The Bertz CT molecular complexity index is 608. The van der Waals surface area contributed by atoms with E-state index in [1.54, 1.807) is 0 Å². The zero-order chi connectivity index (χ0) is 14.4. The van der Waals surface area contributed by atoms with E-state index < -0.39 is 0 Å². The molecule has 2 aromatic rings. The molecule has 0 atom stereocenters. The van der Waals surface area contributed by atoms with Gasteiger partial charge in [-0.15, -0.1) is 0 Å². The Morgan fingerprint density at radius 1 is 1.10 bits per heavy atom. The molecule has 20 heavy (non-hydrogen) atoms. The maximum Gasteiger partial charge on any atom is 0.0622 e. The summed E-state index contributed by atoms with van der Waals surface area (Å²) in [5.74, 6) is 0. The Morgan fingerprint density at radius 2 is 1.85 bits per heavy atom. The number of nitrogens with zero attached hydrogens (tertiary/aromatic N) is 1. The predicted octanol–water partition coefficient (Wildman–Crippen LogP) is 4.01. The summed E-state index contributed by atoms with van der Waals surface area (Å²) in [4.78, 5) is 0. The van der Waals surface area contributed by atoms with Crippen LogP contribution in [0.25, 0.3) is 10.8 Å². The Balaban J connectivity index is 2.05. The number of nitrogens with one attached hydrogen (secondary N) is 1. The van der Waals surface area contributed by atoms with Crippen LogP contribution >= 0.6 is 0 Å². The molecule has 0 aliphatic heterocycles. The van der Waals surface area contributed by atoms with Crippen LogP contribution in [0.1, 0.15) is 32.3 Å². The molecular formula is C18H22N2. The standard InChI is InChI=1S/C18H22N2/c1-18(2,14-20-12-6-5-11-19)17-10-9-15-7-3-4-8-16(15)13-17/h3-4,7-10,13,20H,5-6,12,14H2,1-2H3. The molecule has 1 N–H and O–H groups in total. The number of hydrogen-bond acceptors (Lipinski definition) is 2. The van der Waals surface area contributed by atoms with E-state index in [2.05, 4.69) is 67.7 Å². The van der Waals surface area contributed by atoms with E-state index in [4.69, 9.17) is 5.26 Å². The zero-order valence-electron chi connectivity index (χ0n) is 12.3. The molecule has 0 fully saturated rings. The highest BCUT2D eigenvalue weighted by atomic mass is 14.9. The number of hydrogen-bond donors (Lipinski definition) is 1. The first-order chi connectivity index (χ1) is 9.63. The van der Waals surface area contributed by atoms with Gasteiger partial charge in [-0.2, -0.15) is 5.26 Å². The summed E-state index contributed by atoms with van der Waals surface area (Å²) in [6.07, 6.45) is 1.55. The van der Waals surface area contributed by atoms with Crippen molar-refractivity contribution in [3.8, 4) is 6.07 Å². The zero-order valence-corrected chi connectivity index (χ0v) is 12.3. The van der Waals surface area contributed by atoms with Crippen molar-refractivity contribution >= 4 is 10.8 Å². The van der Waals surface area contributed by atoms with Crippen molar-refractivity contribution in [2.75, 3.05) is 13.1 Å². The van der Waals surface area contributed by atoms with Crippen molar-refractivity contribution in [1.29, 1.82) is 5.26 Å². The lowest BCUT2D eigenvalue weighted by molar-refractivity contribution is 0.467. The average Bonchev–Trinajstić information content (AvgIpc) is 2.46. The highest BCUT2D eigenvalue weighted by molar-refractivity contribution is 5.83. The smallest absolute Gasteiger partial charge is 0.0622 e. The van der Waals surface area contributed by atoms with Crippen molar-refractivity contribution in [3.05, 3.63) is 48.0 Å². The fourth-order valence-electron chi connectivity index (χ4n) is 2.41. The van der Waals surface area contributed by atoms with Gasteiger partial charge in [0.1, 0.15) is 0 Å². The Morgan fingerprint density at radius 3 is 2.60 bits per heavy atom. The molecule has 0 unspecified atom stereocenters. The molecule has 0 aliphatic rings. The van der Waals surface area contributed by atoms with E-state index in [1.165, 1.54) is 16.3 Å². The minimum Gasteiger partial charge on any atom is -0.316 e. The summed E-state index contributed by atoms with van der Waals surface area (Å²) in [7, 11) is 0. The highest BCUT2D eigenvalue weighted by Gasteiger charge is 2.20. The van der Waals surface area contributed by atoms with E-state index in [1.807, 2.05) is 0 Å². The van der Waals surface area contributed by atoms with Crippen molar-refractivity contribution in [3.63, 3.8) is 0 Å². The van der Waals surface area contributed by atoms with Gasteiger partial charge < -0.3 is 5.32 Å². The van der Waals surface area contributed by atoms with E-state index in [0.717, 1.165) is 19.5 Å². The van der Waals surface area contributed by atoms with Gasteiger partial charge in [0.25, 0.3) is 0 Å². The van der Waals surface area contributed by atoms with Crippen molar-refractivity contribution in [2.24, 2.45) is 0 Å². The first kappa shape index (κ1) is 14.6. The monoisotopic (exact) mass is 266 g/mol. The second-order valence-electron chi connectivity index (χ2n) is 5.88. The molecule has 2 rings (SSSR count). The van der Waals surface area contributed by atoms with Gasteiger partial charge in [0.05, 0.1) is 6.07 Å². The van der Waals surface area contributed by atoms with Gasteiger partial charge in [-0.25, -0.2) is 0 Å². The molecule has 0 heterocycles. The lowest BCUT2D eigenvalue weighted by atomic mass is 9.83. The average molecular weight is 266 g/mol. The molecule has 2 nitrogen and oxygen atoms in total. The number of unbranched alkanes of at least 4 members (excludes halogenated alkanes) is 1. The molecule has 0 spiro atoms. The van der Waals surface area contributed by atoms with E-state index in [0.29, 0.717) is 6.42 Å². The summed E-state index contributed by atoms with van der Waals surface area (Å²) in [5.41, 5.74) is 1.44. The number of nitriles is 1. The molecular weight excluding hydrogens is 244 g/mol. The van der Waals surface area contributed by atoms with Gasteiger partial charge in [-0.3, -0.25) is 0 Å². The molecule has 0 bridgehead atoms. The van der Waals surface area contributed by atoms with Crippen molar-refractivity contribution in [1.82, 2.24) is 5.32 Å². The molecule has 0 aliphatic carbocycles. The lowest BCUT2D eigenvalue weighted by Gasteiger charge is -2.26. The largest absolute Gasteiger partial charge is 0.316 e. The molecule has 2 aromatic carbocycles. The molecule has 0 saturated carbocycles. The Kier molecular flexibility index (Phi) is 4.76. The van der Waals surface area contributed by atoms with Gasteiger partial charge >= 0.3 is 0 Å². The van der Waals surface area contributed by atoms with Crippen LogP contribution in [0, 0.1) is 11.3 Å². The minimum absolute atomic E-state index is 0.0939. The molecule has 0 radical (unpaired) electrons. The number of rotatable bonds is 6. The second-order valence-corrected chi connectivity index (χ2v) is 5.88. The van der Waals surface area contributed by atoms with Crippen LogP contribution in [-0.4, -0.2) is 13.1 Å². The fourth-order valence-corrected chi connectivity index (χ4v) is 2.41. The third-order valence-electron chi connectivity index (χ3n) is 3.74. The maximum atomic E-state index is 8.53. The van der Waals surface area contributed by atoms with Crippen LogP contribution < -0.4 is 5.32 Å². The summed E-state index contributed by atoms with van der Waals surface area (Å²) in [5, 5.41) is 14.6. The van der Waals surface area contributed by atoms with Crippen LogP contribution in [-0.2, 0) is 5.41 Å². The quantitative estimate of drug-likeness (QED) is 0.802. The molecule has 2 heteroatoms. The van der Waals surface area contributed by atoms with Gasteiger partial charge in [0.2, 0.25) is 0 Å². The first-order valence-electron chi connectivity index (χ1n) is 7.20. The van der Waals surface area contributed by atoms with Crippen LogP contribution in [0.4, 0.5) is 0 Å². The maximum absolute atomic E-state index is 8.53. The van der Waals surface area contributed by atoms with Crippen molar-refractivity contribution < 1.29 is 0 Å². The molecule has 104 valence electrons. The number of benzene rings is 2. The third kappa shape index (κ3) is 3.59. The summed E-state index contributed by atoms with van der Waals surface area (Å²) >= 11 is 0. The van der Waals surface area contributed by atoms with E-state index in [9.17, 15) is 0 Å². The van der Waals surface area contributed by atoms with E-state index >= 15 is 0 Å². The first-order valence-corrected chi connectivity index (χ1v) is 7.20. The van der Waals surface area contributed by atoms with Gasteiger partial charge in [0.15, 0.2) is 0 Å². The SMILES string of the molecule is CC(C)(CNCCCC#N)c1ccc2ccccc2c1. The third-order valence-corrected chi connectivity index (χ3v) is 3.74. The second kappa shape index (κ2) is 6.54. The Hall–Kier alpha value is -1.85. The normalized spacial score (nSPS) is 11.4. The topological polar surface area (TPSA) is 35.8 Å². The fraction of sp³-hybridized carbons (Fsp3) is 0.389. The number of fused-ring (bicyclic) bond motifs is 1. The molecule has 0 aromatic heterocycles. The van der Waals surface area contributed by atoms with E-state index in [-0.39, 0.29) is 5.41 Å². The van der Waals surface area contributed by atoms with Crippen LogP contribution in [0.5, 0.6) is 0 Å². The van der Waals surface area contributed by atoms with Crippen molar-refractivity contribution in [2.45, 2.75) is 32.1 Å². The van der Waals surface area contributed by atoms with Gasteiger partial charge in [-0.05, 0) is 29.3 Å². The lowest BCUT2D eigenvalue weighted by Crippen LogP contribution is -2.33. The summed E-state index contributed by atoms with van der Waals surface area (Å²) < 4.78 is 0. The van der Waals surface area contributed by atoms with Crippen LogP contribution in [0.15, 0.2) is 42.5 Å². The highest BCUT2D eigenvalue weighted by Crippen LogP contribution is 2.26. The molecule has 0 amide bonds. The predicted molar refractivity (Wildman–Crippen MR) is 84.7 cm³/mol. The minimum atomic E-state index is 0.0939. The molecule has 0 saturated heterocycles. The van der Waals surface area contributed by atoms with Gasteiger partial charge in [0, 0.05) is 18.4 Å². The summed E-state index contributed by atoms with van der Waals surface area (Å²) in [6, 6.07) is 17.3. The van der Waals surface area contributed by atoms with Crippen LogP contribution in [0.3, 0.4) is 0 Å².